The van der Waals surface area contributed by atoms with Gasteiger partial charge in [0, 0.05) is 29.6 Å². The van der Waals surface area contributed by atoms with Crippen molar-refractivity contribution in [1.82, 2.24) is 0 Å². The van der Waals surface area contributed by atoms with Gasteiger partial charge in [0.25, 0.3) is 0 Å². The fourth-order valence-electron chi connectivity index (χ4n) is 0.206. The number of carbonyl (C=O) groups is 1. The van der Waals surface area contributed by atoms with Crippen molar-refractivity contribution in [2.45, 2.75) is 19.1 Å². The summed E-state index contributed by atoms with van der Waals surface area (Å²) in [6.07, 6.45) is -0.979. The van der Waals surface area contributed by atoms with E-state index in [-0.39, 0.29) is 29.6 Å². The summed E-state index contributed by atoms with van der Waals surface area (Å²) in [5.74, 6) is -1.18. The molecule has 49 valence electrons. The summed E-state index contributed by atoms with van der Waals surface area (Å²) >= 11 is 0. The number of nitrogens with two attached hydrogens (primary N) is 1. The molecule has 2 atom stereocenters. The second-order valence-corrected chi connectivity index (χ2v) is 1.60. The molecule has 0 bridgehead atoms. The third-order valence-corrected chi connectivity index (χ3v) is 0.805. The van der Waals surface area contributed by atoms with Crippen LogP contribution in [0.4, 0.5) is 0 Å². The smallest absolute Gasteiger partial charge is 0.323 e. The molecule has 0 aromatic heterocycles. The van der Waals surface area contributed by atoms with Crippen LogP contribution in [0, 0.1) is 0 Å². The van der Waals surface area contributed by atoms with Crippen molar-refractivity contribution in [3.63, 3.8) is 0 Å². The minimum Gasteiger partial charge on any atom is -0.480 e. The van der Waals surface area contributed by atoms with Crippen LogP contribution in [0.1, 0.15) is 6.92 Å². The third-order valence-electron chi connectivity index (χ3n) is 0.805. The number of aliphatic hydroxyl groups excluding tert-OH is 1. The van der Waals surface area contributed by atoms with Crippen LogP contribution in [-0.4, -0.2) is 57.9 Å². The van der Waals surface area contributed by atoms with E-state index in [9.17, 15) is 4.79 Å². The predicted octanol–water partition coefficient (Wildman–Crippen LogP) is -1.60. The van der Waals surface area contributed by atoms with E-state index in [1.807, 2.05) is 0 Å². The fraction of sp³-hybridized carbons (Fsp3) is 0.750. The predicted molar refractivity (Wildman–Crippen MR) is 33.0 cm³/mol. The summed E-state index contributed by atoms with van der Waals surface area (Å²) < 4.78 is 0. The average molecular weight is 142 g/mol. The molecule has 0 heterocycles. The molecule has 0 unspecified atom stereocenters. The topological polar surface area (TPSA) is 83.5 Å². The SMILES string of the molecule is C[C@@H](O)[C@H](N)C(=O)O.[Na]. The molecule has 0 saturated heterocycles. The molecule has 0 aliphatic carbocycles. The minimum atomic E-state index is -1.18. The van der Waals surface area contributed by atoms with Crippen molar-refractivity contribution in [1.29, 1.82) is 0 Å². The van der Waals surface area contributed by atoms with E-state index in [1.54, 1.807) is 0 Å². The van der Waals surface area contributed by atoms with E-state index in [0.717, 1.165) is 0 Å². The standard InChI is InChI=1S/C4H9NO3.Na/c1-2(6)3(5)4(7)8;/h2-3,6H,5H2,1H3,(H,7,8);/t2-,3+;/m1./s1. The Balaban J connectivity index is 0. The first kappa shape index (κ1) is 12.1. The van der Waals surface area contributed by atoms with Crippen LogP contribution in [0.15, 0.2) is 0 Å². The van der Waals surface area contributed by atoms with Crippen molar-refractivity contribution in [3.8, 4) is 0 Å². The number of hydrogen-bond donors (Lipinski definition) is 3. The molecule has 0 rings (SSSR count). The maximum atomic E-state index is 9.86. The number of aliphatic hydroxyl groups is 1. The van der Waals surface area contributed by atoms with Crippen LogP contribution in [0.2, 0.25) is 0 Å². The van der Waals surface area contributed by atoms with Crippen molar-refractivity contribution >= 4 is 35.5 Å². The molecule has 0 amide bonds. The molecule has 5 heteroatoms. The van der Waals surface area contributed by atoms with Gasteiger partial charge in [-0.15, -0.1) is 0 Å². The van der Waals surface area contributed by atoms with Crippen LogP contribution in [-0.2, 0) is 4.79 Å². The Bertz CT molecular complexity index is 95.8. The number of carboxylic acids is 1. The minimum absolute atomic E-state index is 0. The Hall–Kier alpha value is 0.390. The average Bonchev–Trinajstić information content (AvgIpc) is 1.64. The van der Waals surface area contributed by atoms with E-state index in [0.29, 0.717) is 0 Å². The second-order valence-electron chi connectivity index (χ2n) is 1.60. The first-order valence-corrected chi connectivity index (χ1v) is 2.22. The van der Waals surface area contributed by atoms with Crippen molar-refractivity contribution in [2.24, 2.45) is 5.73 Å². The molecule has 0 saturated carbocycles. The molecular weight excluding hydrogens is 133 g/mol. The van der Waals surface area contributed by atoms with Crippen LogP contribution in [0.5, 0.6) is 0 Å². The summed E-state index contributed by atoms with van der Waals surface area (Å²) in [6.45, 7) is 1.33. The first-order valence-electron chi connectivity index (χ1n) is 2.22. The van der Waals surface area contributed by atoms with Gasteiger partial charge in [0.1, 0.15) is 6.04 Å². The van der Waals surface area contributed by atoms with Crippen molar-refractivity contribution < 1.29 is 15.0 Å². The maximum Gasteiger partial charge on any atom is 0.323 e. The third kappa shape index (κ3) is 4.87. The van der Waals surface area contributed by atoms with Crippen LogP contribution < -0.4 is 5.73 Å². The van der Waals surface area contributed by atoms with E-state index in [1.165, 1.54) is 6.92 Å². The molecule has 9 heavy (non-hydrogen) atoms. The number of hydrogen-bond acceptors (Lipinski definition) is 3. The second kappa shape index (κ2) is 5.20. The van der Waals surface area contributed by atoms with E-state index >= 15 is 0 Å². The van der Waals surface area contributed by atoms with E-state index < -0.39 is 18.1 Å². The zero-order valence-electron chi connectivity index (χ0n) is 5.53. The molecule has 4 N–H and O–H groups in total. The van der Waals surface area contributed by atoms with Gasteiger partial charge in [-0.05, 0) is 6.92 Å². The number of aliphatic carboxylic acids is 1. The monoisotopic (exact) mass is 142 g/mol. The molecule has 0 aliphatic rings. The summed E-state index contributed by atoms with van der Waals surface area (Å²) in [4.78, 5) is 9.86. The van der Waals surface area contributed by atoms with Gasteiger partial charge in [0.15, 0.2) is 0 Å². The molecule has 0 aliphatic heterocycles. The van der Waals surface area contributed by atoms with Gasteiger partial charge >= 0.3 is 5.97 Å². The molecule has 0 aromatic carbocycles. The quantitative estimate of drug-likeness (QED) is 0.405. The molecule has 0 spiro atoms. The number of rotatable bonds is 2. The maximum absolute atomic E-state index is 9.86. The van der Waals surface area contributed by atoms with Crippen LogP contribution in [0.25, 0.3) is 0 Å². The van der Waals surface area contributed by atoms with Gasteiger partial charge in [0.05, 0.1) is 6.10 Å². The van der Waals surface area contributed by atoms with Crippen molar-refractivity contribution in [3.05, 3.63) is 0 Å². The Morgan fingerprint density at radius 3 is 2.00 bits per heavy atom. The molecule has 0 fully saturated rings. The summed E-state index contributed by atoms with van der Waals surface area (Å²) in [7, 11) is 0. The van der Waals surface area contributed by atoms with Gasteiger partial charge in [-0.2, -0.15) is 0 Å². The van der Waals surface area contributed by atoms with Gasteiger partial charge in [-0.3, -0.25) is 4.79 Å². The van der Waals surface area contributed by atoms with Gasteiger partial charge in [0.2, 0.25) is 0 Å². The first-order chi connectivity index (χ1) is 3.55. The van der Waals surface area contributed by atoms with Gasteiger partial charge in [-0.25, -0.2) is 0 Å². The Morgan fingerprint density at radius 2 is 2.00 bits per heavy atom. The Labute approximate surface area is 75.3 Å². The van der Waals surface area contributed by atoms with E-state index in [4.69, 9.17) is 15.9 Å². The van der Waals surface area contributed by atoms with E-state index in [2.05, 4.69) is 0 Å². The van der Waals surface area contributed by atoms with Crippen LogP contribution >= 0.6 is 0 Å². The molecule has 1 radical (unpaired) electrons. The summed E-state index contributed by atoms with van der Waals surface area (Å²) in [5.41, 5.74) is 4.91. The van der Waals surface area contributed by atoms with Gasteiger partial charge in [-0.1, -0.05) is 0 Å². The summed E-state index contributed by atoms with van der Waals surface area (Å²) in [5, 5.41) is 16.6. The molecule has 4 nitrogen and oxygen atoms in total. The Kier molecular flexibility index (Phi) is 6.99. The zero-order chi connectivity index (χ0) is 6.73. The number of carboxylic acid groups (broad SMARTS) is 1. The normalized spacial score (nSPS) is 15.4. The Morgan fingerprint density at radius 1 is 1.67 bits per heavy atom. The van der Waals surface area contributed by atoms with Gasteiger partial charge < -0.3 is 15.9 Å². The van der Waals surface area contributed by atoms with Crippen molar-refractivity contribution in [2.75, 3.05) is 0 Å². The molecular formula is C4H9NNaO3. The largest absolute Gasteiger partial charge is 0.480 e. The van der Waals surface area contributed by atoms with Crippen LogP contribution in [0.3, 0.4) is 0 Å². The fourth-order valence-corrected chi connectivity index (χ4v) is 0.206. The zero-order valence-corrected chi connectivity index (χ0v) is 7.53. The molecule has 0 aromatic rings. The summed E-state index contributed by atoms with van der Waals surface area (Å²) in [6, 6.07) is -1.16.